The zero-order valence-corrected chi connectivity index (χ0v) is 17.2. The summed E-state index contributed by atoms with van der Waals surface area (Å²) in [6.45, 7) is 6.79. The SMILES string of the molecule is Cc1cc(OC(=O)OCC(C)C)ccc1C(N)CC(=O)N1CCc2ccccc21. The topological polar surface area (TPSA) is 81.9 Å². The molecule has 0 fully saturated rings. The zero-order chi connectivity index (χ0) is 21.0. The van der Waals surface area contributed by atoms with Crippen molar-refractivity contribution in [3.63, 3.8) is 0 Å². The average Bonchev–Trinajstić information content (AvgIpc) is 3.10. The molecule has 6 heteroatoms. The molecular formula is C23H28N2O4. The number of fused-ring (bicyclic) bond motifs is 1. The van der Waals surface area contributed by atoms with Gasteiger partial charge in [-0.3, -0.25) is 4.79 Å². The standard InChI is InChI=1S/C23H28N2O4/c1-15(2)14-28-23(27)29-18-8-9-19(16(3)12-18)20(24)13-22(26)25-11-10-17-6-4-5-7-21(17)25/h4-9,12,15,20H,10-11,13-14,24H2,1-3H3. The Kier molecular flexibility index (Phi) is 6.54. The molecule has 0 radical (unpaired) electrons. The van der Waals surface area contributed by atoms with Crippen molar-refractivity contribution in [2.45, 2.75) is 39.7 Å². The van der Waals surface area contributed by atoms with E-state index >= 15 is 0 Å². The molecule has 1 aliphatic heterocycles. The van der Waals surface area contributed by atoms with Gasteiger partial charge in [0.2, 0.25) is 5.91 Å². The highest BCUT2D eigenvalue weighted by Crippen LogP contribution is 2.30. The number of nitrogens with zero attached hydrogens (tertiary/aromatic N) is 1. The van der Waals surface area contributed by atoms with Crippen molar-refractivity contribution in [3.05, 3.63) is 59.2 Å². The number of hydrogen-bond acceptors (Lipinski definition) is 5. The molecule has 3 rings (SSSR count). The van der Waals surface area contributed by atoms with Crippen LogP contribution in [0.4, 0.5) is 10.5 Å². The Morgan fingerprint density at radius 3 is 2.66 bits per heavy atom. The Balaban J connectivity index is 1.62. The quantitative estimate of drug-likeness (QED) is 0.586. The lowest BCUT2D eigenvalue weighted by Gasteiger charge is -2.21. The molecule has 154 valence electrons. The van der Waals surface area contributed by atoms with Crippen LogP contribution < -0.4 is 15.4 Å². The number of carbonyl (C=O) groups is 2. The van der Waals surface area contributed by atoms with Gasteiger partial charge in [-0.15, -0.1) is 0 Å². The molecule has 1 unspecified atom stereocenters. The molecule has 29 heavy (non-hydrogen) atoms. The molecule has 2 aromatic rings. The minimum Gasteiger partial charge on any atom is -0.434 e. The number of amides is 1. The number of nitrogens with two attached hydrogens (primary N) is 1. The second kappa shape index (κ2) is 9.09. The van der Waals surface area contributed by atoms with Gasteiger partial charge in [-0.2, -0.15) is 0 Å². The van der Waals surface area contributed by atoms with Crippen LogP contribution in [0.25, 0.3) is 0 Å². The Morgan fingerprint density at radius 2 is 1.93 bits per heavy atom. The molecular weight excluding hydrogens is 368 g/mol. The molecule has 2 N–H and O–H groups in total. The van der Waals surface area contributed by atoms with Gasteiger partial charge in [0.15, 0.2) is 0 Å². The minimum absolute atomic E-state index is 0.0134. The Morgan fingerprint density at radius 1 is 1.17 bits per heavy atom. The van der Waals surface area contributed by atoms with Crippen molar-refractivity contribution in [2.24, 2.45) is 11.7 Å². The smallest absolute Gasteiger partial charge is 0.434 e. The van der Waals surface area contributed by atoms with E-state index in [1.54, 1.807) is 18.2 Å². The largest absolute Gasteiger partial charge is 0.513 e. The van der Waals surface area contributed by atoms with Crippen molar-refractivity contribution in [1.82, 2.24) is 0 Å². The van der Waals surface area contributed by atoms with Crippen LogP contribution in [0.1, 0.15) is 43.0 Å². The molecule has 0 saturated carbocycles. The fraction of sp³-hybridized carbons (Fsp3) is 0.391. The van der Waals surface area contributed by atoms with Crippen molar-refractivity contribution >= 4 is 17.7 Å². The molecule has 0 aromatic heterocycles. The highest BCUT2D eigenvalue weighted by Gasteiger charge is 2.26. The summed E-state index contributed by atoms with van der Waals surface area (Å²) < 4.78 is 10.2. The van der Waals surface area contributed by atoms with Gasteiger partial charge in [0.1, 0.15) is 5.75 Å². The van der Waals surface area contributed by atoms with Crippen molar-refractivity contribution in [1.29, 1.82) is 0 Å². The maximum absolute atomic E-state index is 12.8. The number of rotatable bonds is 6. The number of para-hydroxylation sites is 1. The van der Waals surface area contributed by atoms with Crippen LogP contribution in [0.15, 0.2) is 42.5 Å². The number of aryl methyl sites for hydroxylation is 1. The molecule has 0 saturated heterocycles. The van der Waals surface area contributed by atoms with Crippen LogP contribution >= 0.6 is 0 Å². The average molecular weight is 396 g/mol. The number of hydrogen-bond donors (Lipinski definition) is 1. The molecule has 1 amide bonds. The van der Waals surface area contributed by atoms with Crippen molar-refractivity contribution in [3.8, 4) is 5.75 Å². The van der Waals surface area contributed by atoms with E-state index in [9.17, 15) is 9.59 Å². The van der Waals surface area contributed by atoms with Crippen LogP contribution in [0.5, 0.6) is 5.75 Å². The number of benzene rings is 2. The summed E-state index contributed by atoms with van der Waals surface area (Å²) in [6, 6.07) is 12.7. The van der Waals surface area contributed by atoms with E-state index in [1.807, 2.05) is 43.9 Å². The molecule has 0 bridgehead atoms. The van der Waals surface area contributed by atoms with E-state index in [0.717, 1.165) is 23.2 Å². The molecule has 1 atom stereocenters. The van der Waals surface area contributed by atoms with Gasteiger partial charge in [0, 0.05) is 24.7 Å². The first-order valence-corrected chi connectivity index (χ1v) is 9.94. The van der Waals surface area contributed by atoms with Crippen LogP contribution in [-0.2, 0) is 16.0 Å². The third-order valence-corrected chi connectivity index (χ3v) is 4.96. The van der Waals surface area contributed by atoms with Crippen LogP contribution in [0, 0.1) is 12.8 Å². The van der Waals surface area contributed by atoms with Crippen molar-refractivity contribution in [2.75, 3.05) is 18.1 Å². The zero-order valence-electron chi connectivity index (χ0n) is 17.2. The summed E-state index contributed by atoms with van der Waals surface area (Å²) in [5, 5.41) is 0. The predicted octanol–water partition coefficient (Wildman–Crippen LogP) is 4.15. The lowest BCUT2D eigenvalue weighted by molar-refractivity contribution is -0.118. The second-order valence-corrected chi connectivity index (χ2v) is 7.81. The van der Waals surface area contributed by atoms with E-state index in [-0.39, 0.29) is 18.2 Å². The number of carbonyl (C=O) groups excluding carboxylic acids is 2. The third-order valence-electron chi connectivity index (χ3n) is 4.96. The summed E-state index contributed by atoms with van der Waals surface area (Å²) in [6.07, 6.45) is 0.360. The van der Waals surface area contributed by atoms with Gasteiger partial charge < -0.3 is 20.1 Å². The Bertz CT molecular complexity index is 894. The van der Waals surface area contributed by atoms with Gasteiger partial charge in [-0.25, -0.2) is 4.79 Å². The first kappa shape index (κ1) is 20.9. The lowest BCUT2D eigenvalue weighted by Crippen LogP contribution is -2.32. The summed E-state index contributed by atoms with van der Waals surface area (Å²) in [5.41, 5.74) is 10.2. The highest BCUT2D eigenvalue weighted by molar-refractivity contribution is 5.95. The van der Waals surface area contributed by atoms with E-state index in [1.165, 1.54) is 5.56 Å². The number of anilines is 1. The Labute approximate surface area is 171 Å². The molecule has 6 nitrogen and oxygen atoms in total. The first-order chi connectivity index (χ1) is 13.8. The third kappa shape index (κ3) is 5.15. The Hall–Kier alpha value is -2.86. The lowest BCUT2D eigenvalue weighted by atomic mass is 9.98. The predicted molar refractivity (Wildman–Crippen MR) is 112 cm³/mol. The van der Waals surface area contributed by atoms with Crippen LogP contribution in [0.2, 0.25) is 0 Å². The highest BCUT2D eigenvalue weighted by atomic mass is 16.7. The van der Waals surface area contributed by atoms with Crippen LogP contribution in [-0.4, -0.2) is 25.2 Å². The minimum atomic E-state index is -0.724. The van der Waals surface area contributed by atoms with E-state index < -0.39 is 12.2 Å². The van der Waals surface area contributed by atoms with E-state index in [2.05, 4.69) is 6.07 Å². The second-order valence-electron chi connectivity index (χ2n) is 7.81. The van der Waals surface area contributed by atoms with Gasteiger partial charge in [0.25, 0.3) is 0 Å². The maximum atomic E-state index is 12.8. The fourth-order valence-electron chi connectivity index (χ4n) is 3.49. The van der Waals surface area contributed by atoms with Crippen LogP contribution in [0.3, 0.4) is 0 Å². The molecule has 1 heterocycles. The summed E-state index contributed by atoms with van der Waals surface area (Å²) in [5.74, 6) is 0.649. The molecule has 1 aliphatic rings. The van der Waals surface area contributed by atoms with Crippen molar-refractivity contribution < 1.29 is 19.1 Å². The fourth-order valence-corrected chi connectivity index (χ4v) is 3.49. The first-order valence-electron chi connectivity index (χ1n) is 9.94. The summed E-state index contributed by atoms with van der Waals surface area (Å²) in [4.78, 5) is 26.3. The van der Waals surface area contributed by atoms with Gasteiger partial charge in [-0.05, 0) is 54.2 Å². The summed E-state index contributed by atoms with van der Waals surface area (Å²) in [7, 11) is 0. The summed E-state index contributed by atoms with van der Waals surface area (Å²) >= 11 is 0. The monoisotopic (exact) mass is 396 g/mol. The maximum Gasteiger partial charge on any atom is 0.513 e. The van der Waals surface area contributed by atoms with Gasteiger partial charge >= 0.3 is 6.16 Å². The molecule has 0 spiro atoms. The van der Waals surface area contributed by atoms with Gasteiger partial charge in [0.05, 0.1) is 6.61 Å². The molecule has 0 aliphatic carbocycles. The molecule has 2 aromatic carbocycles. The van der Waals surface area contributed by atoms with E-state index in [4.69, 9.17) is 15.2 Å². The number of ether oxygens (including phenoxy) is 2. The normalized spacial score (nSPS) is 13.9. The van der Waals surface area contributed by atoms with Gasteiger partial charge in [-0.1, -0.05) is 38.1 Å². The van der Waals surface area contributed by atoms with E-state index in [0.29, 0.717) is 18.9 Å².